The van der Waals surface area contributed by atoms with Gasteiger partial charge in [-0.3, -0.25) is 9.69 Å². The number of hydrogen-bond acceptors (Lipinski definition) is 6. The van der Waals surface area contributed by atoms with Gasteiger partial charge in [0, 0.05) is 12.2 Å². The van der Waals surface area contributed by atoms with Crippen molar-refractivity contribution in [1.29, 1.82) is 0 Å². The van der Waals surface area contributed by atoms with Gasteiger partial charge in [0.1, 0.15) is 5.75 Å². The smallest absolute Gasteiger partial charge is 0.338 e. The van der Waals surface area contributed by atoms with Crippen LogP contribution in [-0.2, 0) is 14.3 Å². The zero-order valence-corrected chi connectivity index (χ0v) is 16.1. The number of amidine groups is 1. The third kappa shape index (κ3) is 3.49. The van der Waals surface area contributed by atoms with Crippen molar-refractivity contribution >= 4 is 28.8 Å². The molecule has 1 atom stereocenters. The van der Waals surface area contributed by atoms with Gasteiger partial charge in [-0.05, 0) is 38.5 Å². The number of aliphatic imine (C=N–C) groups is 1. The van der Waals surface area contributed by atoms with E-state index in [0.29, 0.717) is 34.4 Å². The molecule has 0 radical (unpaired) electrons. The molecule has 0 bridgehead atoms. The van der Waals surface area contributed by atoms with Gasteiger partial charge in [0.15, 0.2) is 5.17 Å². The van der Waals surface area contributed by atoms with E-state index in [1.165, 1.54) is 11.8 Å². The molecule has 26 heavy (non-hydrogen) atoms. The second-order valence-corrected chi connectivity index (χ2v) is 7.45. The van der Waals surface area contributed by atoms with Gasteiger partial charge in [-0.15, -0.1) is 0 Å². The lowest BCUT2D eigenvalue weighted by Gasteiger charge is -2.39. The molecule has 2 aliphatic heterocycles. The maximum absolute atomic E-state index is 12.8. The summed E-state index contributed by atoms with van der Waals surface area (Å²) >= 11 is 1.53. The highest BCUT2D eigenvalue weighted by molar-refractivity contribution is 8.14. The average Bonchev–Trinajstić information content (AvgIpc) is 2.60. The van der Waals surface area contributed by atoms with E-state index in [4.69, 9.17) is 9.47 Å². The van der Waals surface area contributed by atoms with Crippen LogP contribution in [0.2, 0.25) is 0 Å². The predicted molar refractivity (Wildman–Crippen MR) is 101 cm³/mol. The van der Waals surface area contributed by atoms with E-state index in [1.807, 2.05) is 24.3 Å². The van der Waals surface area contributed by atoms with Gasteiger partial charge in [-0.25, -0.2) is 9.79 Å². The average molecular weight is 374 g/mol. The van der Waals surface area contributed by atoms with Crippen molar-refractivity contribution in [2.24, 2.45) is 4.99 Å². The molecule has 1 saturated heterocycles. The summed E-state index contributed by atoms with van der Waals surface area (Å²) in [7, 11) is 1.60. The Hall–Kier alpha value is -2.28. The first kappa shape index (κ1) is 18.5. The van der Waals surface area contributed by atoms with E-state index in [2.05, 4.69) is 4.99 Å². The predicted octanol–water partition coefficient (Wildman–Crippen LogP) is 3.30. The Labute approximate surface area is 157 Å². The second kappa shape index (κ2) is 7.53. The largest absolute Gasteiger partial charge is 0.497 e. The number of rotatable bonds is 4. The number of ether oxygens (including phenoxy) is 2. The van der Waals surface area contributed by atoms with Crippen LogP contribution in [-0.4, -0.2) is 40.9 Å². The summed E-state index contributed by atoms with van der Waals surface area (Å²) in [4.78, 5) is 31.6. The fourth-order valence-electron chi connectivity index (χ4n) is 3.04. The van der Waals surface area contributed by atoms with Gasteiger partial charge < -0.3 is 9.47 Å². The van der Waals surface area contributed by atoms with Crippen molar-refractivity contribution in [3.8, 4) is 5.75 Å². The zero-order chi connectivity index (χ0) is 18.8. The Balaban J connectivity index is 2.11. The summed E-state index contributed by atoms with van der Waals surface area (Å²) in [5, 5.41) is 0.640. The number of methoxy groups -OCH3 is 1. The topological polar surface area (TPSA) is 68.2 Å². The lowest BCUT2D eigenvalue weighted by Crippen LogP contribution is -2.46. The molecule has 1 amide bonds. The lowest BCUT2D eigenvalue weighted by atomic mass is 9.94. The van der Waals surface area contributed by atoms with Crippen LogP contribution >= 0.6 is 11.8 Å². The van der Waals surface area contributed by atoms with Gasteiger partial charge in [0.05, 0.1) is 30.5 Å². The van der Waals surface area contributed by atoms with Crippen LogP contribution in [0.15, 0.2) is 40.5 Å². The molecule has 1 aromatic rings. The summed E-state index contributed by atoms with van der Waals surface area (Å²) in [6.07, 6.45) is 0.165. The van der Waals surface area contributed by atoms with E-state index in [0.717, 1.165) is 5.56 Å². The number of benzene rings is 1. The van der Waals surface area contributed by atoms with E-state index in [1.54, 1.807) is 32.8 Å². The lowest BCUT2D eigenvalue weighted by molar-refractivity contribution is -0.143. The number of carbonyl (C=O) groups is 2. The molecule has 0 saturated carbocycles. The zero-order valence-electron chi connectivity index (χ0n) is 15.3. The number of esters is 1. The fourth-order valence-corrected chi connectivity index (χ4v) is 4.04. The van der Waals surface area contributed by atoms with Crippen molar-refractivity contribution < 1.29 is 19.1 Å². The third-order valence-electron chi connectivity index (χ3n) is 4.20. The summed E-state index contributed by atoms with van der Waals surface area (Å²) in [6, 6.07) is 6.84. The fraction of sp³-hybridized carbons (Fsp3) is 0.421. The van der Waals surface area contributed by atoms with Crippen LogP contribution in [0.5, 0.6) is 5.75 Å². The summed E-state index contributed by atoms with van der Waals surface area (Å²) in [5.74, 6) is 0.933. The van der Waals surface area contributed by atoms with Gasteiger partial charge in [0.2, 0.25) is 5.91 Å². The molecule has 138 valence electrons. The van der Waals surface area contributed by atoms with Crippen LogP contribution < -0.4 is 4.74 Å². The van der Waals surface area contributed by atoms with Crippen molar-refractivity contribution in [2.45, 2.75) is 39.3 Å². The molecule has 3 rings (SSSR count). The van der Waals surface area contributed by atoms with Gasteiger partial charge in [-0.2, -0.15) is 0 Å². The van der Waals surface area contributed by atoms with Crippen molar-refractivity contribution in [3.63, 3.8) is 0 Å². The molecule has 2 heterocycles. The quantitative estimate of drug-likeness (QED) is 0.757. The maximum atomic E-state index is 12.8. The SMILES string of the molecule is COc1ccc(C2C(C(=O)OC(C)C)=C(C)N=C3SCCC(=O)N32)cc1. The first-order valence-electron chi connectivity index (χ1n) is 8.51. The highest BCUT2D eigenvalue weighted by atomic mass is 32.2. The Morgan fingerprint density at radius 2 is 2.00 bits per heavy atom. The van der Waals surface area contributed by atoms with Gasteiger partial charge in [-0.1, -0.05) is 23.9 Å². The number of carbonyl (C=O) groups excluding carboxylic acids is 2. The Bertz CT molecular complexity index is 783. The number of amides is 1. The molecule has 6 nitrogen and oxygen atoms in total. The molecule has 7 heteroatoms. The molecule has 1 aromatic carbocycles. The van der Waals surface area contributed by atoms with Gasteiger partial charge >= 0.3 is 5.97 Å². The van der Waals surface area contributed by atoms with E-state index < -0.39 is 12.0 Å². The summed E-state index contributed by atoms with van der Waals surface area (Å²) in [5.41, 5.74) is 1.82. The van der Waals surface area contributed by atoms with Crippen LogP contribution in [0.1, 0.15) is 38.8 Å². The number of thioether (sulfide) groups is 1. The first-order chi connectivity index (χ1) is 12.4. The van der Waals surface area contributed by atoms with Crippen molar-refractivity contribution in [3.05, 3.63) is 41.1 Å². The first-order valence-corrected chi connectivity index (χ1v) is 9.50. The molecular weight excluding hydrogens is 352 g/mol. The van der Waals surface area contributed by atoms with E-state index in [9.17, 15) is 9.59 Å². The van der Waals surface area contributed by atoms with Gasteiger partial charge in [0.25, 0.3) is 0 Å². The normalized spacial score (nSPS) is 20.0. The molecule has 0 N–H and O–H groups in total. The van der Waals surface area contributed by atoms with Crippen molar-refractivity contribution in [2.75, 3.05) is 12.9 Å². The maximum Gasteiger partial charge on any atom is 0.338 e. The summed E-state index contributed by atoms with van der Waals surface area (Å²) < 4.78 is 10.7. The minimum Gasteiger partial charge on any atom is -0.497 e. The monoisotopic (exact) mass is 374 g/mol. The molecule has 0 spiro atoms. The Morgan fingerprint density at radius 1 is 1.31 bits per heavy atom. The Morgan fingerprint density at radius 3 is 2.62 bits per heavy atom. The van der Waals surface area contributed by atoms with E-state index >= 15 is 0 Å². The van der Waals surface area contributed by atoms with Crippen LogP contribution in [0.4, 0.5) is 0 Å². The van der Waals surface area contributed by atoms with E-state index in [-0.39, 0.29) is 12.0 Å². The molecular formula is C19H22N2O4S. The van der Waals surface area contributed by atoms with Crippen molar-refractivity contribution in [1.82, 2.24) is 4.90 Å². The minimum absolute atomic E-state index is 0.0364. The molecule has 2 aliphatic rings. The van der Waals surface area contributed by atoms with Crippen LogP contribution in [0, 0.1) is 0 Å². The molecule has 1 unspecified atom stereocenters. The highest BCUT2D eigenvalue weighted by Crippen LogP contribution is 2.40. The highest BCUT2D eigenvalue weighted by Gasteiger charge is 2.41. The Kier molecular flexibility index (Phi) is 5.36. The number of hydrogen-bond donors (Lipinski definition) is 0. The number of allylic oxidation sites excluding steroid dienone is 1. The molecule has 0 aromatic heterocycles. The summed E-state index contributed by atoms with van der Waals surface area (Å²) in [6.45, 7) is 5.39. The van der Waals surface area contributed by atoms with Crippen LogP contribution in [0.3, 0.4) is 0 Å². The molecule has 1 fully saturated rings. The number of nitrogens with zero attached hydrogens (tertiary/aromatic N) is 2. The molecule has 0 aliphatic carbocycles. The standard InChI is InChI=1S/C19H22N2O4S/c1-11(2)25-18(23)16-12(3)20-19-21(15(22)9-10-26-19)17(16)13-5-7-14(24-4)8-6-13/h5-8,11,17H,9-10H2,1-4H3. The minimum atomic E-state index is -0.542. The second-order valence-electron chi connectivity index (χ2n) is 6.39. The third-order valence-corrected chi connectivity index (χ3v) is 5.16. The number of fused-ring (bicyclic) bond motifs is 1. The van der Waals surface area contributed by atoms with Crippen LogP contribution in [0.25, 0.3) is 0 Å².